The summed E-state index contributed by atoms with van der Waals surface area (Å²) in [6.07, 6.45) is 0. The molecule has 0 aliphatic rings. The molecule has 0 fully saturated rings. The molecule has 0 aromatic heterocycles. The number of fused-ring (bicyclic) bond motifs is 1. The number of hydrogen-bond donors (Lipinski definition) is 0. The molecule has 4 rings (SSSR count). The molecule has 0 amide bonds. The lowest BCUT2D eigenvalue weighted by atomic mass is 10.1. The van der Waals surface area contributed by atoms with Gasteiger partial charge in [-0.05, 0) is 83.6 Å². The van der Waals surface area contributed by atoms with Gasteiger partial charge in [-0.2, -0.15) is 0 Å². The number of hydrogen-bond acceptors (Lipinski definition) is 4. The largest absolute Gasteiger partial charge is 0.219 e. The number of rotatable bonds is 4. The highest BCUT2D eigenvalue weighted by Crippen LogP contribution is 2.29. The molecule has 0 saturated carbocycles. The predicted molar refractivity (Wildman–Crippen MR) is 123 cm³/mol. The van der Waals surface area contributed by atoms with E-state index in [9.17, 15) is 16.8 Å². The van der Waals surface area contributed by atoms with Crippen molar-refractivity contribution in [2.75, 3.05) is 0 Å². The first-order valence-corrected chi connectivity index (χ1v) is 13.3. The van der Waals surface area contributed by atoms with E-state index >= 15 is 0 Å². The maximum absolute atomic E-state index is 12.9. The third kappa shape index (κ3) is 3.97. The van der Waals surface area contributed by atoms with Crippen LogP contribution in [-0.2, 0) is 19.7 Å². The van der Waals surface area contributed by atoms with E-state index in [4.69, 9.17) is 0 Å². The van der Waals surface area contributed by atoms with E-state index in [1.807, 2.05) is 0 Å². The molecule has 0 N–H and O–H groups in total. The fraction of sp³-hybridized carbons (Fsp3) is 0. The van der Waals surface area contributed by atoms with Crippen LogP contribution in [0.25, 0.3) is 10.8 Å². The number of sulfone groups is 2. The van der Waals surface area contributed by atoms with Gasteiger partial charge in [-0.1, -0.05) is 44.0 Å². The predicted octanol–water partition coefficient (Wildman–Crippen LogP) is 6.03. The Hall–Kier alpha value is -2.00. The van der Waals surface area contributed by atoms with Crippen molar-refractivity contribution in [3.05, 3.63) is 93.9 Å². The Morgan fingerprint density at radius 2 is 0.733 bits per heavy atom. The van der Waals surface area contributed by atoms with Crippen LogP contribution < -0.4 is 0 Å². The van der Waals surface area contributed by atoms with Crippen LogP contribution in [0.4, 0.5) is 0 Å². The molecule has 8 heteroatoms. The van der Waals surface area contributed by atoms with Gasteiger partial charge in [0, 0.05) is 8.95 Å². The lowest BCUT2D eigenvalue weighted by Gasteiger charge is -2.09. The molecule has 0 aliphatic heterocycles. The number of benzene rings is 4. The standard InChI is InChI=1S/C22H14Br2O4S2/c23-17-3-9-19(10-4-17)29(25,26)21-7-1-15-13-22(8-2-16(15)14-21)30(27,28)20-11-5-18(24)6-12-20/h1-14H. The molecule has 0 atom stereocenters. The molecule has 4 aromatic rings. The lowest BCUT2D eigenvalue weighted by molar-refractivity contribution is 0.594. The molecule has 0 aliphatic carbocycles. The zero-order valence-electron chi connectivity index (χ0n) is 15.3. The van der Waals surface area contributed by atoms with Gasteiger partial charge < -0.3 is 0 Å². The summed E-state index contributed by atoms with van der Waals surface area (Å²) in [5.41, 5.74) is 0. The highest BCUT2D eigenvalue weighted by Gasteiger charge is 2.20. The monoisotopic (exact) mass is 564 g/mol. The normalized spacial score (nSPS) is 12.2. The van der Waals surface area contributed by atoms with Crippen LogP contribution in [0.1, 0.15) is 0 Å². The molecule has 0 bridgehead atoms. The van der Waals surface area contributed by atoms with Gasteiger partial charge in [-0.15, -0.1) is 0 Å². The van der Waals surface area contributed by atoms with Gasteiger partial charge in [0.15, 0.2) is 0 Å². The van der Waals surface area contributed by atoms with Crippen LogP contribution in [0.2, 0.25) is 0 Å². The summed E-state index contributed by atoms with van der Waals surface area (Å²) >= 11 is 6.60. The maximum Gasteiger partial charge on any atom is 0.206 e. The SMILES string of the molecule is O=S(=O)(c1ccc(Br)cc1)c1ccc2cc(S(=O)(=O)c3ccc(Br)cc3)ccc2c1. The molecular weight excluding hydrogens is 552 g/mol. The summed E-state index contributed by atoms with van der Waals surface area (Å²) < 4.78 is 53.2. The van der Waals surface area contributed by atoms with Crippen molar-refractivity contribution in [2.45, 2.75) is 19.6 Å². The average Bonchev–Trinajstić information content (AvgIpc) is 2.73. The quantitative estimate of drug-likeness (QED) is 0.303. The molecule has 0 spiro atoms. The first-order chi connectivity index (χ1) is 14.2. The van der Waals surface area contributed by atoms with E-state index in [0.717, 1.165) is 8.95 Å². The minimum absolute atomic E-state index is 0.154. The Balaban J connectivity index is 1.76. The third-order valence-electron chi connectivity index (χ3n) is 4.65. The zero-order valence-corrected chi connectivity index (χ0v) is 20.1. The van der Waals surface area contributed by atoms with Crippen LogP contribution in [0.5, 0.6) is 0 Å². The lowest BCUT2D eigenvalue weighted by Crippen LogP contribution is -2.03. The van der Waals surface area contributed by atoms with Crippen molar-refractivity contribution < 1.29 is 16.8 Å². The summed E-state index contributed by atoms with van der Waals surface area (Å²) in [6.45, 7) is 0. The third-order valence-corrected chi connectivity index (χ3v) is 9.24. The van der Waals surface area contributed by atoms with Gasteiger partial charge in [-0.3, -0.25) is 0 Å². The van der Waals surface area contributed by atoms with E-state index in [1.54, 1.807) is 48.5 Å². The van der Waals surface area contributed by atoms with Crippen LogP contribution >= 0.6 is 31.9 Å². The molecule has 152 valence electrons. The molecule has 0 heterocycles. The molecule has 4 aromatic carbocycles. The van der Waals surface area contributed by atoms with Crippen molar-refractivity contribution in [1.82, 2.24) is 0 Å². The summed E-state index contributed by atoms with van der Waals surface area (Å²) in [7, 11) is -7.35. The Labute approximate surface area is 191 Å². The van der Waals surface area contributed by atoms with E-state index in [1.165, 1.54) is 36.4 Å². The van der Waals surface area contributed by atoms with E-state index in [-0.39, 0.29) is 19.6 Å². The molecule has 4 nitrogen and oxygen atoms in total. The second-order valence-corrected chi connectivity index (χ2v) is 12.3. The van der Waals surface area contributed by atoms with Gasteiger partial charge in [0.1, 0.15) is 0 Å². The Kier molecular flexibility index (Phi) is 5.61. The highest BCUT2D eigenvalue weighted by molar-refractivity contribution is 9.10. The number of halogens is 2. The Morgan fingerprint density at radius 3 is 1.07 bits per heavy atom. The van der Waals surface area contributed by atoms with Gasteiger partial charge in [0.05, 0.1) is 19.6 Å². The summed E-state index contributed by atoms with van der Waals surface area (Å²) in [4.78, 5) is 0.695. The smallest absolute Gasteiger partial charge is 0.206 e. The first kappa shape index (κ1) is 21.2. The van der Waals surface area contributed by atoms with Gasteiger partial charge in [0.2, 0.25) is 19.7 Å². The topological polar surface area (TPSA) is 68.3 Å². The molecule has 30 heavy (non-hydrogen) atoms. The molecular formula is C22H14Br2O4S2. The van der Waals surface area contributed by atoms with Gasteiger partial charge in [-0.25, -0.2) is 16.8 Å². The fourth-order valence-corrected chi connectivity index (χ4v) is 6.16. The van der Waals surface area contributed by atoms with E-state index < -0.39 is 19.7 Å². The summed E-state index contributed by atoms with van der Waals surface area (Å²) in [6, 6.07) is 22.2. The highest BCUT2D eigenvalue weighted by atomic mass is 79.9. The molecule has 0 unspecified atom stereocenters. The van der Waals surface area contributed by atoms with Crippen molar-refractivity contribution in [1.29, 1.82) is 0 Å². The van der Waals surface area contributed by atoms with E-state index in [0.29, 0.717) is 10.8 Å². The van der Waals surface area contributed by atoms with Crippen molar-refractivity contribution in [3.8, 4) is 0 Å². The summed E-state index contributed by atoms with van der Waals surface area (Å²) in [5, 5.41) is 1.28. The van der Waals surface area contributed by atoms with Gasteiger partial charge in [0.25, 0.3) is 0 Å². The fourth-order valence-electron chi connectivity index (χ4n) is 3.04. The minimum Gasteiger partial charge on any atom is -0.219 e. The maximum atomic E-state index is 12.9. The zero-order chi connectivity index (χ0) is 21.5. The molecule has 0 radical (unpaired) electrons. The van der Waals surface area contributed by atoms with Crippen molar-refractivity contribution in [2.24, 2.45) is 0 Å². The van der Waals surface area contributed by atoms with Crippen LogP contribution in [0, 0.1) is 0 Å². The van der Waals surface area contributed by atoms with Crippen LogP contribution in [-0.4, -0.2) is 16.8 Å². The van der Waals surface area contributed by atoms with E-state index in [2.05, 4.69) is 31.9 Å². The van der Waals surface area contributed by atoms with Crippen LogP contribution in [0.15, 0.2) is 113 Å². The summed E-state index contributed by atoms with van der Waals surface area (Å²) in [5.74, 6) is 0. The van der Waals surface area contributed by atoms with Gasteiger partial charge >= 0.3 is 0 Å². The van der Waals surface area contributed by atoms with Crippen molar-refractivity contribution in [3.63, 3.8) is 0 Å². The average molecular weight is 566 g/mol. The second-order valence-electron chi connectivity index (χ2n) is 6.59. The molecule has 0 saturated heterocycles. The Bertz CT molecular complexity index is 1350. The second kappa shape index (κ2) is 7.92. The Morgan fingerprint density at radius 1 is 0.433 bits per heavy atom. The van der Waals surface area contributed by atoms with Crippen LogP contribution in [0.3, 0.4) is 0 Å². The minimum atomic E-state index is -3.68. The first-order valence-electron chi connectivity index (χ1n) is 8.73. The van der Waals surface area contributed by atoms with Crippen molar-refractivity contribution >= 4 is 62.3 Å².